The second kappa shape index (κ2) is 10.2. The molecule has 0 saturated heterocycles. The molecule has 2 aromatic heterocycles. The lowest BCUT2D eigenvalue weighted by atomic mass is 9.98. The van der Waals surface area contributed by atoms with Crippen LogP contribution in [0.4, 0.5) is 0 Å². The number of hydrogen-bond acceptors (Lipinski definition) is 2. The quantitative estimate of drug-likeness (QED) is 0.206. The number of nitrogens with zero attached hydrogens (tertiary/aromatic N) is 4. The average Bonchev–Trinajstić information content (AvgIpc) is 3.60. The molecule has 46 heavy (non-hydrogen) atoms. The van der Waals surface area contributed by atoms with Gasteiger partial charge in [-0.1, -0.05) is 60.7 Å². The summed E-state index contributed by atoms with van der Waals surface area (Å²) in [5, 5.41) is 25.5. The minimum Gasteiger partial charge on any atom is -0.307 e. The van der Waals surface area contributed by atoms with Gasteiger partial charge in [0.1, 0.15) is 6.07 Å². The number of aromatic nitrogens is 2. The predicted octanol–water partition coefficient (Wildman–Crippen LogP) is 10.5. The molecule has 4 nitrogen and oxygen atoms in total. The van der Waals surface area contributed by atoms with Crippen molar-refractivity contribution in [3.05, 3.63) is 143 Å². The summed E-state index contributed by atoms with van der Waals surface area (Å²) in [5.74, 6) is 0. The normalized spacial score (nSPS) is 11.4. The van der Waals surface area contributed by atoms with Crippen LogP contribution in [0, 0.1) is 50.4 Å². The Kier molecular flexibility index (Phi) is 6.11. The van der Waals surface area contributed by atoms with Crippen LogP contribution in [-0.2, 0) is 0 Å². The summed E-state index contributed by atoms with van der Waals surface area (Å²) in [5.41, 5.74) is 13.8. The van der Waals surface area contributed by atoms with E-state index in [1.165, 1.54) is 43.8 Å². The van der Waals surface area contributed by atoms with E-state index in [1.807, 2.05) is 30.3 Å². The van der Waals surface area contributed by atoms with Gasteiger partial charge in [-0.3, -0.25) is 0 Å². The van der Waals surface area contributed by atoms with E-state index in [9.17, 15) is 10.5 Å². The zero-order valence-electron chi connectivity index (χ0n) is 26.2. The van der Waals surface area contributed by atoms with E-state index in [0.29, 0.717) is 11.1 Å². The van der Waals surface area contributed by atoms with E-state index in [-0.39, 0.29) is 0 Å². The Balaban J connectivity index is 1.63. The second-order valence-electron chi connectivity index (χ2n) is 12.2. The molecule has 8 aromatic rings. The van der Waals surface area contributed by atoms with Gasteiger partial charge in [-0.25, -0.2) is 0 Å². The summed E-state index contributed by atoms with van der Waals surface area (Å²) in [6, 6.07) is 42.4. The Bertz CT molecular complexity index is 2530. The zero-order chi connectivity index (χ0) is 31.7. The van der Waals surface area contributed by atoms with Gasteiger partial charge < -0.3 is 9.13 Å². The van der Waals surface area contributed by atoms with Crippen LogP contribution in [0.3, 0.4) is 0 Å². The monoisotopic (exact) mass is 590 g/mol. The van der Waals surface area contributed by atoms with E-state index in [0.717, 1.165) is 44.6 Å². The third-order valence-electron chi connectivity index (χ3n) is 9.47. The maximum atomic E-state index is 11.0. The van der Waals surface area contributed by atoms with Gasteiger partial charge in [0.05, 0.1) is 50.6 Å². The number of rotatable bonds is 3. The van der Waals surface area contributed by atoms with E-state index < -0.39 is 0 Å². The third kappa shape index (κ3) is 3.84. The lowest BCUT2D eigenvalue weighted by Crippen LogP contribution is -2.07. The molecular formula is C42H30N4. The van der Waals surface area contributed by atoms with Crippen molar-refractivity contribution in [2.24, 2.45) is 0 Å². The summed E-state index contributed by atoms with van der Waals surface area (Å²) in [4.78, 5) is 0. The fraction of sp³-hybridized carbons (Fsp3) is 0.0952. The van der Waals surface area contributed by atoms with Crippen LogP contribution in [0.2, 0.25) is 0 Å². The molecule has 0 fully saturated rings. The van der Waals surface area contributed by atoms with Crippen molar-refractivity contribution < 1.29 is 0 Å². The van der Waals surface area contributed by atoms with Gasteiger partial charge in [0.25, 0.3) is 0 Å². The lowest BCUT2D eigenvalue weighted by molar-refractivity contribution is 1.09. The van der Waals surface area contributed by atoms with Crippen LogP contribution in [-0.4, -0.2) is 9.13 Å². The average molecular weight is 591 g/mol. The lowest BCUT2D eigenvalue weighted by Gasteiger charge is -2.20. The molecule has 0 aliphatic carbocycles. The smallest absolute Gasteiger partial charge is 0.101 e. The number of nitriles is 2. The molecule has 0 amide bonds. The predicted molar refractivity (Wildman–Crippen MR) is 189 cm³/mol. The van der Waals surface area contributed by atoms with Crippen molar-refractivity contribution >= 4 is 43.6 Å². The van der Waals surface area contributed by atoms with Crippen molar-refractivity contribution in [3.8, 4) is 34.6 Å². The standard InChI is InChI=1S/C42H30N4/c1-25-10-5-16-33-38(25)39-26(2)11-6-17-34(39)45(33)37-22-31(30-15-9-14-29(20-30)23-43)21-32(24-44)42(37)46-35-18-7-12-27(3)40(35)41-28(4)13-8-19-36(41)46/h5-22H,1-4H3. The molecule has 0 saturated carbocycles. The van der Waals surface area contributed by atoms with Crippen molar-refractivity contribution in [3.63, 3.8) is 0 Å². The van der Waals surface area contributed by atoms with Gasteiger partial charge in [0.15, 0.2) is 0 Å². The molecule has 8 rings (SSSR count). The Hall–Kier alpha value is -6.10. The summed E-state index contributed by atoms with van der Waals surface area (Å²) in [6.07, 6.45) is 0. The molecular weight excluding hydrogens is 560 g/mol. The van der Waals surface area contributed by atoms with Crippen LogP contribution in [0.15, 0.2) is 109 Å². The van der Waals surface area contributed by atoms with Gasteiger partial charge in [-0.15, -0.1) is 0 Å². The highest BCUT2D eigenvalue weighted by molar-refractivity contribution is 6.14. The summed E-state index contributed by atoms with van der Waals surface area (Å²) in [6.45, 7) is 8.66. The number of hydrogen-bond donors (Lipinski definition) is 0. The van der Waals surface area contributed by atoms with Gasteiger partial charge >= 0.3 is 0 Å². The fourth-order valence-corrected chi connectivity index (χ4v) is 7.46. The molecule has 218 valence electrons. The van der Waals surface area contributed by atoms with Crippen molar-refractivity contribution in [2.45, 2.75) is 27.7 Å². The van der Waals surface area contributed by atoms with Gasteiger partial charge in [0, 0.05) is 21.5 Å². The SMILES string of the molecule is Cc1cccc2c1c1c(C)cccc1n2-c1cc(-c2cccc(C#N)c2)cc(C#N)c1-n1c2cccc(C)c2c2c(C)cccc21. The Morgan fingerprint density at radius 1 is 0.457 bits per heavy atom. The molecule has 0 bridgehead atoms. The first-order valence-corrected chi connectivity index (χ1v) is 15.5. The van der Waals surface area contributed by atoms with E-state index >= 15 is 0 Å². The summed E-state index contributed by atoms with van der Waals surface area (Å²) < 4.78 is 4.62. The minimum atomic E-state index is 0.562. The van der Waals surface area contributed by atoms with Crippen LogP contribution in [0.25, 0.3) is 66.1 Å². The van der Waals surface area contributed by atoms with Crippen molar-refractivity contribution in [2.75, 3.05) is 0 Å². The van der Waals surface area contributed by atoms with E-state index in [1.54, 1.807) is 0 Å². The number of fused-ring (bicyclic) bond motifs is 6. The van der Waals surface area contributed by atoms with Crippen molar-refractivity contribution in [1.82, 2.24) is 9.13 Å². The minimum absolute atomic E-state index is 0.562. The molecule has 6 aromatic carbocycles. The second-order valence-corrected chi connectivity index (χ2v) is 12.2. The highest BCUT2D eigenvalue weighted by atomic mass is 15.1. The first-order valence-electron chi connectivity index (χ1n) is 15.5. The van der Waals surface area contributed by atoms with E-state index in [4.69, 9.17) is 0 Å². The molecule has 0 N–H and O–H groups in total. The van der Waals surface area contributed by atoms with Crippen LogP contribution >= 0.6 is 0 Å². The number of aryl methyl sites for hydroxylation is 4. The van der Waals surface area contributed by atoms with Gasteiger partial charge in [0.2, 0.25) is 0 Å². The maximum Gasteiger partial charge on any atom is 0.101 e. The maximum absolute atomic E-state index is 11.0. The van der Waals surface area contributed by atoms with Gasteiger partial charge in [-0.05, 0) is 110 Å². The molecule has 0 unspecified atom stereocenters. The molecule has 0 radical (unpaired) electrons. The highest BCUT2D eigenvalue weighted by Crippen LogP contribution is 2.43. The summed E-state index contributed by atoms with van der Waals surface area (Å²) in [7, 11) is 0. The first-order chi connectivity index (χ1) is 22.4. The molecule has 0 aliphatic rings. The highest BCUT2D eigenvalue weighted by Gasteiger charge is 2.25. The third-order valence-corrected chi connectivity index (χ3v) is 9.47. The topological polar surface area (TPSA) is 57.4 Å². The van der Waals surface area contributed by atoms with Crippen LogP contribution < -0.4 is 0 Å². The summed E-state index contributed by atoms with van der Waals surface area (Å²) >= 11 is 0. The van der Waals surface area contributed by atoms with E-state index in [2.05, 4.69) is 128 Å². The molecule has 4 heteroatoms. The Labute approximate surface area is 267 Å². The zero-order valence-corrected chi connectivity index (χ0v) is 26.2. The largest absolute Gasteiger partial charge is 0.307 e. The molecule has 0 atom stereocenters. The van der Waals surface area contributed by atoms with Gasteiger partial charge in [-0.2, -0.15) is 10.5 Å². The van der Waals surface area contributed by atoms with Crippen LogP contribution in [0.5, 0.6) is 0 Å². The Morgan fingerprint density at radius 2 is 0.913 bits per heavy atom. The fourth-order valence-electron chi connectivity index (χ4n) is 7.46. The molecule has 2 heterocycles. The Morgan fingerprint density at radius 3 is 1.37 bits per heavy atom. The first kappa shape index (κ1) is 27.4. The molecule has 0 aliphatic heterocycles. The molecule has 0 spiro atoms. The van der Waals surface area contributed by atoms with Crippen molar-refractivity contribution in [1.29, 1.82) is 10.5 Å². The number of benzene rings is 6. The van der Waals surface area contributed by atoms with Crippen LogP contribution in [0.1, 0.15) is 33.4 Å².